The number of nitrogens with one attached hydrogen (secondary N) is 2. The summed E-state index contributed by atoms with van der Waals surface area (Å²) in [7, 11) is 0. The van der Waals surface area contributed by atoms with Crippen molar-refractivity contribution >= 4 is 5.69 Å². The molecule has 1 heterocycles. The second kappa shape index (κ2) is 4.00. The van der Waals surface area contributed by atoms with Crippen LogP contribution in [0.25, 0.3) is 0 Å². The molecule has 4 nitrogen and oxygen atoms in total. The maximum atomic E-state index is 12.9. The Labute approximate surface area is 85.8 Å². The number of aromatic hydroxyl groups is 1. The molecule has 0 saturated carbocycles. The second-order valence-corrected chi connectivity index (χ2v) is 3.10. The van der Waals surface area contributed by atoms with Crippen molar-refractivity contribution < 1.29 is 9.50 Å². The SMILES string of the molecule is Oc1ccc(NCc2ccn[nH]2)cc1F. The summed E-state index contributed by atoms with van der Waals surface area (Å²) < 4.78 is 12.9. The van der Waals surface area contributed by atoms with Crippen molar-refractivity contribution in [3.63, 3.8) is 0 Å². The van der Waals surface area contributed by atoms with Crippen LogP contribution in [-0.4, -0.2) is 15.3 Å². The van der Waals surface area contributed by atoms with Crippen molar-refractivity contribution in [1.82, 2.24) is 10.2 Å². The lowest BCUT2D eigenvalue weighted by molar-refractivity contribution is 0.432. The third-order valence-electron chi connectivity index (χ3n) is 1.99. The van der Waals surface area contributed by atoms with E-state index in [1.807, 2.05) is 6.07 Å². The van der Waals surface area contributed by atoms with Crippen LogP contribution in [0.2, 0.25) is 0 Å². The van der Waals surface area contributed by atoms with E-state index in [1.165, 1.54) is 12.1 Å². The molecule has 0 aliphatic carbocycles. The Bertz CT molecular complexity index is 442. The highest BCUT2D eigenvalue weighted by Gasteiger charge is 2.01. The Morgan fingerprint density at radius 1 is 1.40 bits per heavy atom. The van der Waals surface area contributed by atoms with E-state index in [-0.39, 0.29) is 5.75 Å². The lowest BCUT2D eigenvalue weighted by Gasteiger charge is -2.05. The number of nitrogens with zero attached hydrogens (tertiary/aromatic N) is 1. The number of halogens is 1. The van der Waals surface area contributed by atoms with E-state index < -0.39 is 5.82 Å². The lowest BCUT2D eigenvalue weighted by atomic mass is 10.3. The molecule has 15 heavy (non-hydrogen) atoms. The number of anilines is 1. The van der Waals surface area contributed by atoms with E-state index in [2.05, 4.69) is 15.5 Å². The number of phenolic OH excluding ortho intramolecular Hbond substituents is 1. The van der Waals surface area contributed by atoms with Gasteiger partial charge in [0, 0.05) is 18.0 Å². The van der Waals surface area contributed by atoms with Gasteiger partial charge in [0.05, 0.1) is 12.2 Å². The molecule has 0 saturated heterocycles. The quantitative estimate of drug-likeness (QED) is 0.673. The van der Waals surface area contributed by atoms with Gasteiger partial charge in [-0.3, -0.25) is 5.10 Å². The van der Waals surface area contributed by atoms with Gasteiger partial charge in [-0.1, -0.05) is 0 Å². The van der Waals surface area contributed by atoms with Gasteiger partial charge >= 0.3 is 0 Å². The molecule has 3 N–H and O–H groups in total. The minimum atomic E-state index is -0.635. The fourth-order valence-electron chi connectivity index (χ4n) is 1.20. The summed E-state index contributed by atoms with van der Waals surface area (Å²) in [6, 6.07) is 5.98. The second-order valence-electron chi connectivity index (χ2n) is 3.10. The number of aromatic nitrogens is 2. The molecule has 0 aliphatic heterocycles. The summed E-state index contributed by atoms with van der Waals surface area (Å²) in [5, 5.41) is 18.5. The van der Waals surface area contributed by atoms with Gasteiger partial charge in [0.1, 0.15) is 0 Å². The van der Waals surface area contributed by atoms with Crippen LogP contribution < -0.4 is 5.32 Å². The highest BCUT2D eigenvalue weighted by atomic mass is 19.1. The predicted octanol–water partition coefficient (Wildman–Crippen LogP) is 1.87. The van der Waals surface area contributed by atoms with E-state index in [1.54, 1.807) is 12.3 Å². The summed E-state index contributed by atoms with van der Waals surface area (Å²) in [6.45, 7) is 0.532. The van der Waals surface area contributed by atoms with Crippen LogP contribution in [0.3, 0.4) is 0 Å². The van der Waals surface area contributed by atoms with Crippen LogP contribution >= 0.6 is 0 Å². The van der Waals surface area contributed by atoms with Crippen molar-refractivity contribution in [3.8, 4) is 5.75 Å². The smallest absolute Gasteiger partial charge is 0.166 e. The molecule has 78 valence electrons. The van der Waals surface area contributed by atoms with E-state index in [9.17, 15) is 4.39 Å². The molecule has 0 amide bonds. The lowest BCUT2D eigenvalue weighted by Crippen LogP contribution is -1.99. The third-order valence-corrected chi connectivity index (χ3v) is 1.99. The van der Waals surface area contributed by atoms with Gasteiger partial charge < -0.3 is 10.4 Å². The summed E-state index contributed by atoms with van der Waals surface area (Å²) in [4.78, 5) is 0. The largest absolute Gasteiger partial charge is 0.505 e. The van der Waals surface area contributed by atoms with Crippen LogP contribution in [0, 0.1) is 5.82 Å². The van der Waals surface area contributed by atoms with Gasteiger partial charge in [0.15, 0.2) is 11.6 Å². The summed E-state index contributed by atoms with van der Waals surface area (Å²) >= 11 is 0. The highest BCUT2D eigenvalue weighted by Crippen LogP contribution is 2.19. The van der Waals surface area contributed by atoms with Gasteiger partial charge in [-0.05, 0) is 18.2 Å². The van der Waals surface area contributed by atoms with E-state index >= 15 is 0 Å². The Kier molecular flexibility index (Phi) is 2.53. The van der Waals surface area contributed by atoms with Crippen molar-refractivity contribution in [2.45, 2.75) is 6.54 Å². The molecular formula is C10H10FN3O. The number of H-pyrrole nitrogens is 1. The first-order valence-electron chi connectivity index (χ1n) is 4.46. The minimum absolute atomic E-state index is 0.345. The Balaban J connectivity index is 2.02. The Hall–Kier alpha value is -2.04. The van der Waals surface area contributed by atoms with Crippen molar-refractivity contribution in [2.75, 3.05) is 5.32 Å². The monoisotopic (exact) mass is 207 g/mol. The number of benzene rings is 1. The van der Waals surface area contributed by atoms with E-state index in [0.717, 1.165) is 5.69 Å². The molecule has 0 fully saturated rings. The summed E-state index contributed by atoms with van der Waals surface area (Å²) in [6.07, 6.45) is 1.65. The van der Waals surface area contributed by atoms with Gasteiger partial charge in [-0.2, -0.15) is 5.10 Å². The minimum Gasteiger partial charge on any atom is -0.505 e. The number of aromatic amines is 1. The number of phenols is 1. The van der Waals surface area contributed by atoms with Gasteiger partial charge in [0.25, 0.3) is 0 Å². The van der Waals surface area contributed by atoms with Crippen molar-refractivity contribution in [2.24, 2.45) is 0 Å². The number of hydrogen-bond donors (Lipinski definition) is 3. The normalized spacial score (nSPS) is 10.2. The molecule has 0 atom stereocenters. The predicted molar refractivity (Wildman–Crippen MR) is 54.0 cm³/mol. The molecule has 2 aromatic rings. The zero-order valence-corrected chi connectivity index (χ0v) is 7.87. The number of hydrogen-bond acceptors (Lipinski definition) is 3. The van der Waals surface area contributed by atoms with Crippen LogP contribution in [0.15, 0.2) is 30.5 Å². The molecule has 1 aromatic heterocycles. The zero-order chi connectivity index (χ0) is 10.7. The highest BCUT2D eigenvalue weighted by molar-refractivity contribution is 5.46. The summed E-state index contributed by atoms with van der Waals surface area (Å²) in [5.41, 5.74) is 1.52. The number of rotatable bonds is 3. The van der Waals surface area contributed by atoms with Crippen LogP contribution in [0.1, 0.15) is 5.69 Å². The first kappa shape index (κ1) is 9.51. The van der Waals surface area contributed by atoms with Crippen LogP contribution in [-0.2, 0) is 6.54 Å². The van der Waals surface area contributed by atoms with Gasteiger partial charge in [-0.25, -0.2) is 4.39 Å². The third kappa shape index (κ3) is 2.25. The van der Waals surface area contributed by atoms with E-state index in [4.69, 9.17) is 5.11 Å². The first-order valence-corrected chi connectivity index (χ1v) is 4.46. The maximum Gasteiger partial charge on any atom is 0.166 e. The average molecular weight is 207 g/mol. The Morgan fingerprint density at radius 3 is 2.93 bits per heavy atom. The molecular weight excluding hydrogens is 197 g/mol. The van der Waals surface area contributed by atoms with Crippen molar-refractivity contribution in [1.29, 1.82) is 0 Å². The maximum absolute atomic E-state index is 12.9. The fraction of sp³-hybridized carbons (Fsp3) is 0.100. The first-order chi connectivity index (χ1) is 7.25. The standard InChI is InChI=1S/C10H10FN3O/c11-9-5-7(1-2-10(9)15)12-6-8-3-4-13-14-8/h1-5,12,15H,6H2,(H,13,14). The average Bonchev–Trinajstić information content (AvgIpc) is 2.73. The molecule has 0 unspecified atom stereocenters. The topological polar surface area (TPSA) is 60.9 Å². The molecule has 0 radical (unpaired) electrons. The molecule has 2 rings (SSSR count). The molecule has 1 aromatic carbocycles. The fourth-order valence-corrected chi connectivity index (χ4v) is 1.20. The van der Waals surface area contributed by atoms with Gasteiger partial charge in [-0.15, -0.1) is 0 Å². The zero-order valence-electron chi connectivity index (χ0n) is 7.87. The van der Waals surface area contributed by atoms with Crippen LogP contribution in [0.4, 0.5) is 10.1 Å². The molecule has 0 spiro atoms. The van der Waals surface area contributed by atoms with E-state index in [0.29, 0.717) is 12.2 Å². The molecule has 5 heteroatoms. The van der Waals surface area contributed by atoms with Crippen LogP contribution in [0.5, 0.6) is 5.75 Å². The summed E-state index contributed by atoms with van der Waals surface area (Å²) in [5.74, 6) is -0.980. The molecule has 0 aliphatic rings. The van der Waals surface area contributed by atoms with Gasteiger partial charge in [0.2, 0.25) is 0 Å². The Morgan fingerprint density at radius 2 is 2.27 bits per heavy atom. The van der Waals surface area contributed by atoms with Crippen molar-refractivity contribution in [3.05, 3.63) is 42.0 Å². The molecule has 0 bridgehead atoms.